The molecule has 1 fully saturated rings. The number of morpholine rings is 1. The third kappa shape index (κ3) is 2.98. The fourth-order valence-electron chi connectivity index (χ4n) is 2.32. The van der Waals surface area contributed by atoms with Crippen LogP contribution in [0.15, 0.2) is 34.9 Å². The van der Waals surface area contributed by atoms with Gasteiger partial charge in [0.25, 0.3) is 0 Å². The van der Waals surface area contributed by atoms with Crippen LogP contribution in [0.1, 0.15) is 11.1 Å². The molecule has 0 saturated carbocycles. The fraction of sp³-hybridized carbons (Fsp3) is 0.357. The predicted molar refractivity (Wildman–Crippen MR) is 78.6 cm³/mol. The van der Waals surface area contributed by atoms with Crippen LogP contribution in [0, 0.1) is 0 Å². The summed E-state index contributed by atoms with van der Waals surface area (Å²) in [6.45, 7) is 3.43. The van der Waals surface area contributed by atoms with Gasteiger partial charge in [-0.25, -0.2) is 0 Å². The number of nitrogens with zero attached hydrogens (tertiary/aromatic N) is 2. The lowest BCUT2D eigenvalue weighted by Gasteiger charge is -2.28. The van der Waals surface area contributed by atoms with Crippen molar-refractivity contribution in [1.29, 1.82) is 0 Å². The SMILES string of the molecule is Brc1ccc(Cc2cn[nH]c2N2CCOCC2)cc1. The Balaban J connectivity index is 1.77. The number of anilines is 1. The highest BCUT2D eigenvalue weighted by atomic mass is 79.9. The summed E-state index contributed by atoms with van der Waals surface area (Å²) in [6.07, 6.45) is 2.82. The Kier molecular flexibility index (Phi) is 3.84. The van der Waals surface area contributed by atoms with Crippen molar-refractivity contribution in [3.63, 3.8) is 0 Å². The molecule has 2 heterocycles. The Bertz CT molecular complexity index is 532. The second-order valence-electron chi connectivity index (χ2n) is 4.65. The van der Waals surface area contributed by atoms with Gasteiger partial charge in [0.05, 0.1) is 19.4 Å². The first-order chi connectivity index (χ1) is 9.33. The molecule has 0 radical (unpaired) electrons. The van der Waals surface area contributed by atoms with Crippen LogP contribution in [0.3, 0.4) is 0 Å². The lowest BCUT2D eigenvalue weighted by molar-refractivity contribution is 0.122. The summed E-state index contributed by atoms with van der Waals surface area (Å²) >= 11 is 3.46. The number of H-pyrrole nitrogens is 1. The number of halogens is 1. The highest BCUT2D eigenvalue weighted by Gasteiger charge is 2.16. The highest BCUT2D eigenvalue weighted by molar-refractivity contribution is 9.10. The lowest BCUT2D eigenvalue weighted by Crippen LogP contribution is -2.37. The maximum Gasteiger partial charge on any atom is 0.127 e. The first-order valence-electron chi connectivity index (χ1n) is 6.42. The number of ether oxygens (including phenoxy) is 1. The normalized spacial score (nSPS) is 15.7. The van der Waals surface area contributed by atoms with Gasteiger partial charge in [-0.15, -0.1) is 0 Å². The predicted octanol–water partition coefficient (Wildman–Crippen LogP) is 2.60. The van der Waals surface area contributed by atoms with Crippen molar-refractivity contribution in [1.82, 2.24) is 10.2 Å². The molecule has 0 atom stereocenters. The molecule has 0 spiro atoms. The molecule has 3 rings (SSSR count). The van der Waals surface area contributed by atoms with Gasteiger partial charge < -0.3 is 9.64 Å². The second kappa shape index (κ2) is 5.75. The number of aromatic nitrogens is 2. The minimum Gasteiger partial charge on any atom is -0.378 e. The number of hydrogen-bond donors (Lipinski definition) is 1. The van der Waals surface area contributed by atoms with E-state index in [0.717, 1.165) is 43.0 Å². The summed E-state index contributed by atoms with van der Waals surface area (Å²) in [5.74, 6) is 1.13. The molecule has 1 aromatic heterocycles. The van der Waals surface area contributed by atoms with Crippen molar-refractivity contribution < 1.29 is 4.74 Å². The second-order valence-corrected chi connectivity index (χ2v) is 5.56. The number of nitrogens with one attached hydrogen (secondary N) is 1. The van der Waals surface area contributed by atoms with Gasteiger partial charge in [-0.2, -0.15) is 5.10 Å². The largest absolute Gasteiger partial charge is 0.378 e. The van der Waals surface area contributed by atoms with Gasteiger partial charge in [-0.1, -0.05) is 28.1 Å². The summed E-state index contributed by atoms with van der Waals surface area (Å²) in [4.78, 5) is 2.31. The number of benzene rings is 1. The molecule has 100 valence electrons. The minimum atomic E-state index is 0.788. The van der Waals surface area contributed by atoms with Gasteiger partial charge in [-0.05, 0) is 17.7 Å². The van der Waals surface area contributed by atoms with Crippen LogP contribution in [0.4, 0.5) is 5.82 Å². The zero-order valence-electron chi connectivity index (χ0n) is 10.6. The molecule has 19 heavy (non-hydrogen) atoms. The van der Waals surface area contributed by atoms with E-state index in [0.29, 0.717) is 0 Å². The average Bonchev–Trinajstić information content (AvgIpc) is 2.90. The number of rotatable bonds is 3. The third-order valence-electron chi connectivity index (χ3n) is 3.33. The van der Waals surface area contributed by atoms with E-state index in [-0.39, 0.29) is 0 Å². The van der Waals surface area contributed by atoms with Crippen LogP contribution in [-0.4, -0.2) is 36.5 Å². The first kappa shape index (κ1) is 12.7. The van der Waals surface area contributed by atoms with Crippen LogP contribution >= 0.6 is 15.9 Å². The van der Waals surface area contributed by atoms with Crippen molar-refractivity contribution >= 4 is 21.7 Å². The molecule has 4 nitrogen and oxygen atoms in total. The van der Waals surface area contributed by atoms with Crippen molar-refractivity contribution in [3.8, 4) is 0 Å². The summed E-state index contributed by atoms with van der Waals surface area (Å²) in [5, 5.41) is 7.31. The molecular weight excluding hydrogens is 306 g/mol. The van der Waals surface area contributed by atoms with E-state index >= 15 is 0 Å². The van der Waals surface area contributed by atoms with Crippen molar-refractivity contribution in [2.75, 3.05) is 31.2 Å². The number of hydrogen-bond acceptors (Lipinski definition) is 3. The van der Waals surface area contributed by atoms with E-state index in [1.807, 2.05) is 6.20 Å². The monoisotopic (exact) mass is 321 g/mol. The van der Waals surface area contributed by atoms with Crippen molar-refractivity contribution in [2.24, 2.45) is 0 Å². The van der Waals surface area contributed by atoms with Crippen molar-refractivity contribution in [3.05, 3.63) is 46.1 Å². The zero-order valence-corrected chi connectivity index (χ0v) is 12.2. The van der Waals surface area contributed by atoms with E-state index in [1.165, 1.54) is 11.1 Å². The van der Waals surface area contributed by atoms with Gasteiger partial charge in [-0.3, -0.25) is 5.10 Å². The lowest BCUT2D eigenvalue weighted by atomic mass is 10.1. The van der Waals surface area contributed by atoms with Crippen molar-refractivity contribution in [2.45, 2.75) is 6.42 Å². The zero-order chi connectivity index (χ0) is 13.1. The van der Waals surface area contributed by atoms with Crippen LogP contribution in [0.2, 0.25) is 0 Å². The average molecular weight is 322 g/mol. The summed E-state index contributed by atoms with van der Waals surface area (Å²) in [6, 6.07) is 8.42. The molecule has 1 N–H and O–H groups in total. The molecule has 0 unspecified atom stereocenters. The number of aromatic amines is 1. The molecule has 0 bridgehead atoms. The van der Waals surface area contributed by atoms with E-state index in [9.17, 15) is 0 Å². The van der Waals surface area contributed by atoms with Gasteiger partial charge in [0, 0.05) is 29.5 Å². The molecule has 0 aliphatic carbocycles. The summed E-state index contributed by atoms with van der Waals surface area (Å²) in [7, 11) is 0. The molecule has 1 aliphatic heterocycles. The molecule has 1 aliphatic rings. The molecule has 2 aromatic rings. The Morgan fingerprint density at radius 1 is 1.21 bits per heavy atom. The third-order valence-corrected chi connectivity index (χ3v) is 3.86. The van der Waals surface area contributed by atoms with Gasteiger partial charge in [0.15, 0.2) is 0 Å². The first-order valence-corrected chi connectivity index (χ1v) is 7.21. The standard InChI is InChI=1S/C14H16BrN3O/c15-13-3-1-11(2-4-13)9-12-10-16-17-14(12)18-5-7-19-8-6-18/h1-4,10H,5-9H2,(H,16,17). The van der Waals surface area contributed by atoms with E-state index in [1.54, 1.807) is 0 Å². The van der Waals surface area contributed by atoms with Gasteiger partial charge in [0.2, 0.25) is 0 Å². The summed E-state index contributed by atoms with van der Waals surface area (Å²) < 4.78 is 6.50. The molecule has 5 heteroatoms. The Hall–Kier alpha value is -1.33. The summed E-state index contributed by atoms with van der Waals surface area (Å²) in [5.41, 5.74) is 2.53. The maximum absolute atomic E-state index is 5.39. The molecule has 1 aromatic carbocycles. The van der Waals surface area contributed by atoms with Crippen LogP contribution in [0.25, 0.3) is 0 Å². The molecule has 0 amide bonds. The van der Waals surface area contributed by atoms with Crippen LogP contribution in [-0.2, 0) is 11.2 Å². The quantitative estimate of drug-likeness (QED) is 0.944. The fourth-order valence-corrected chi connectivity index (χ4v) is 2.58. The van der Waals surface area contributed by atoms with Crippen LogP contribution < -0.4 is 4.90 Å². The van der Waals surface area contributed by atoms with E-state index in [2.05, 4.69) is 55.3 Å². The maximum atomic E-state index is 5.39. The Morgan fingerprint density at radius 2 is 1.95 bits per heavy atom. The molecular formula is C14H16BrN3O. The molecule has 1 saturated heterocycles. The topological polar surface area (TPSA) is 41.2 Å². The Morgan fingerprint density at radius 3 is 2.68 bits per heavy atom. The van der Waals surface area contributed by atoms with Crippen LogP contribution in [0.5, 0.6) is 0 Å². The smallest absolute Gasteiger partial charge is 0.127 e. The van der Waals surface area contributed by atoms with E-state index < -0.39 is 0 Å². The van der Waals surface area contributed by atoms with Gasteiger partial charge in [0.1, 0.15) is 5.82 Å². The Labute approximate surface area is 120 Å². The van der Waals surface area contributed by atoms with Gasteiger partial charge >= 0.3 is 0 Å². The van der Waals surface area contributed by atoms with E-state index in [4.69, 9.17) is 4.74 Å². The highest BCUT2D eigenvalue weighted by Crippen LogP contribution is 2.22. The minimum absolute atomic E-state index is 0.788.